The average molecular weight is 506 g/mol. The molecule has 0 spiro atoms. The van der Waals surface area contributed by atoms with Gasteiger partial charge in [-0.3, -0.25) is 24.3 Å². The van der Waals surface area contributed by atoms with Gasteiger partial charge in [0.05, 0.1) is 28.8 Å². The van der Waals surface area contributed by atoms with Crippen LogP contribution in [0.2, 0.25) is 0 Å². The number of aliphatic hydroxyl groups excluding tert-OH is 1. The molecule has 1 aliphatic heterocycles. The largest absolute Gasteiger partial charge is 0.507 e. The molecule has 0 radical (unpaired) electrons. The second-order valence-corrected chi connectivity index (χ2v) is 9.48. The summed E-state index contributed by atoms with van der Waals surface area (Å²) in [4.78, 5) is 48.8. The summed E-state index contributed by atoms with van der Waals surface area (Å²) in [5.74, 6) is -1.55. The van der Waals surface area contributed by atoms with E-state index in [0.717, 1.165) is 30.6 Å². The van der Waals surface area contributed by atoms with Gasteiger partial charge in [0.15, 0.2) is 10.9 Å². The Morgan fingerprint density at radius 3 is 2.58 bits per heavy atom. The van der Waals surface area contributed by atoms with Crippen LogP contribution in [0.4, 0.5) is 5.13 Å². The van der Waals surface area contributed by atoms with Crippen molar-refractivity contribution in [2.45, 2.75) is 46.1 Å². The highest BCUT2D eigenvalue weighted by Crippen LogP contribution is 2.44. The van der Waals surface area contributed by atoms with Gasteiger partial charge in [0.25, 0.3) is 5.78 Å². The van der Waals surface area contributed by atoms with E-state index in [0.29, 0.717) is 34.1 Å². The highest BCUT2D eigenvalue weighted by Gasteiger charge is 2.48. The van der Waals surface area contributed by atoms with Crippen molar-refractivity contribution in [2.75, 3.05) is 11.5 Å². The zero-order chi connectivity index (χ0) is 25.8. The number of ketones is 2. The van der Waals surface area contributed by atoms with Crippen LogP contribution in [-0.2, 0) is 9.59 Å². The smallest absolute Gasteiger partial charge is 0.301 e. The number of amides is 1. The Balaban J connectivity index is 1.85. The highest BCUT2D eigenvalue weighted by molar-refractivity contribution is 7.18. The lowest BCUT2D eigenvalue weighted by Gasteiger charge is -2.23. The Kier molecular flexibility index (Phi) is 7.59. The standard InChI is InChI=1S/C27H27N3O5S/c1-4-5-6-14-35-20-9-7-8-19(15-20)22-21(23(32)18-10-12-28-13-11-18)24(33)26(34)30(22)27-29-16(2)25(36-27)17(3)31/h7-13,15,22,32H,4-6,14H2,1-3H3. The van der Waals surface area contributed by atoms with Crippen LogP contribution in [0.3, 0.4) is 0 Å². The molecule has 0 bridgehead atoms. The number of aromatic nitrogens is 2. The Hall–Kier alpha value is -3.85. The van der Waals surface area contributed by atoms with Gasteiger partial charge >= 0.3 is 5.91 Å². The summed E-state index contributed by atoms with van der Waals surface area (Å²) in [6.45, 7) is 5.77. The molecule has 1 aromatic carbocycles. The van der Waals surface area contributed by atoms with E-state index in [1.165, 1.54) is 24.2 Å². The monoisotopic (exact) mass is 505 g/mol. The molecule has 2 aromatic heterocycles. The fourth-order valence-corrected chi connectivity index (χ4v) is 5.13. The Morgan fingerprint density at radius 2 is 1.92 bits per heavy atom. The van der Waals surface area contributed by atoms with Crippen LogP contribution in [-0.4, -0.2) is 39.2 Å². The number of anilines is 1. The molecule has 8 nitrogen and oxygen atoms in total. The van der Waals surface area contributed by atoms with Crippen LogP contribution in [0.5, 0.6) is 5.75 Å². The number of hydrogen-bond donors (Lipinski definition) is 1. The number of benzene rings is 1. The quantitative estimate of drug-likeness (QED) is 0.139. The van der Waals surface area contributed by atoms with Crippen molar-refractivity contribution in [3.8, 4) is 5.75 Å². The summed E-state index contributed by atoms with van der Waals surface area (Å²) in [6.07, 6.45) is 6.02. The first-order chi connectivity index (χ1) is 17.3. The molecule has 1 amide bonds. The number of rotatable bonds is 9. The van der Waals surface area contributed by atoms with Crippen molar-refractivity contribution in [2.24, 2.45) is 0 Å². The predicted molar refractivity (Wildman–Crippen MR) is 137 cm³/mol. The topological polar surface area (TPSA) is 110 Å². The molecule has 0 saturated carbocycles. The molecular formula is C27H27N3O5S. The van der Waals surface area contributed by atoms with Crippen molar-refractivity contribution in [3.63, 3.8) is 0 Å². The van der Waals surface area contributed by atoms with E-state index in [9.17, 15) is 19.5 Å². The molecule has 3 aromatic rings. The summed E-state index contributed by atoms with van der Waals surface area (Å²) in [5, 5.41) is 11.4. The minimum absolute atomic E-state index is 0.0634. The second kappa shape index (κ2) is 10.8. The van der Waals surface area contributed by atoms with Crippen molar-refractivity contribution in [1.82, 2.24) is 9.97 Å². The maximum atomic E-state index is 13.3. The molecule has 0 aliphatic carbocycles. The van der Waals surface area contributed by atoms with Crippen LogP contribution >= 0.6 is 11.3 Å². The van der Waals surface area contributed by atoms with Gasteiger partial charge < -0.3 is 9.84 Å². The first kappa shape index (κ1) is 25.2. The normalized spacial score (nSPS) is 17.0. The minimum Gasteiger partial charge on any atom is -0.507 e. The molecule has 1 N–H and O–H groups in total. The zero-order valence-electron chi connectivity index (χ0n) is 20.4. The molecule has 4 rings (SSSR count). The number of thiazole rings is 1. The molecule has 186 valence electrons. The molecule has 1 fully saturated rings. The number of unbranched alkanes of at least 4 members (excludes halogenated alkanes) is 2. The fourth-order valence-electron chi connectivity index (χ4n) is 4.14. The van der Waals surface area contributed by atoms with Crippen LogP contribution in [0, 0.1) is 6.92 Å². The fraction of sp³-hybridized carbons (Fsp3) is 0.296. The molecule has 9 heteroatoms. The van der Waals surface area contributed by atoms with Crippen molar-refractivity contribution < 1.29 is 24.2 Å². The molecule has 1 saturated heterocycles. The summed E-state index contributed by atoms with van der Waals surface area (Å²) in [6, 6.07) is 9.30. The third-order valence-corrected chi connectivity index (χ3v) is 7.16. The van der Waals surface area contributed by atoms with E-state index < -0.39 is 17.7 Å². The lowest BCUT2D eigenvalue weighted by atomic mass is 9.95. The SMILES string of the molecule is CCCCCOc1cccc(C2C(=C(O)c3ccncc3)C(=O)C(=O)N2c2nc(C)c(C(C)=O)s2)c1. The first-order valence-electron chi connectivity index (χ1n) is 11.8. The number of carbonyl (C=O) groups excluding carboxylic acids is 3. The van der Waals surface area contributed by atoms with Crippen molar-refractivity contribution >= 4 is 39.7 Å². The van der Waals surface area contributed by atoms with E-state index in [4.69, 9.17) is 4.74 Å². The van der Waals surface area contributed by atoms with E-state index in [1.54, 1.807) is 37.3 Å². The summed E-state index contributed by atoms with van der Waals surface area (Å²) in [7, 11) is 0. The number of hydrogen-bond acceptors (Lipinski definition) is 8. The molecule has 1 aliphatic rings. The predicted octanol–water partition coefficient (Wildman–Crippen LogP) is 5.24. The minimum atomic E-state index is -0.956. The maximum absolute atomic E-state index is 13.3. The van der Waals surface area contributed by atoms with Gasteiger partial charge in [-0.1, -0.05) is 43.2 Å². The number of nitrogens with zero attached hydrogens (tertiary/aromatic N) is 3. The van der Waals surface area contributed by atoms with Gasteiger partial charge in [-0.25, -0.2) is 4.98 Å². The molecule has 36 heavy (non-hydrogen) atoms. The number of pyridine rings is 1. The third-order valence-electron chi connectivity index (χ3n) is 5.90. The van der Waals surface area contributed by atoms with Gasteiger partial charge in [-0.15, -0.1) is 0 Å². The maximum Gasteiger partial charge on any atom is 0.301 e. The van der Waals surface area contributed by atoms with Crippen molar-refractivity contribution in [3.05, 3.63) is 76.1 Å². The number of ether oxygens (including phenoxy) is 1. The number of carbonyl (C=O) groups is 3. The summed E-state index contributed by atoms with van der Waals surface area (Å²) < 4.78 is 5.91. The van der Waals surface area contributed by atoms with Crippen molar-refractivity contribution in [1.29, 1.82) is 0 Å². The Labute approximate surface area is 213 Å². The van der Waals surface area contributed by atoms with Crippen LogP contribution in [0.25, 0.3) is 5.76 Å². The van der Waals surface area contributed by atoms with E-state index in [2.05, 4.69) is 16.9 Å². The highest BCUT2D eigenvalue weighted by atomic mass is 32.1. The molecule has 1 unspecified atom stereocenters. The lowest BCUT2D eigenvalue weighted by Crippen LogP contribution is -2.29. The molecular weight excluding hydrogens is 478 g/mol. The van der Waals surface area contributed by atoms with Gasteiger partial charge in [-0.05, 0) is 43.2 Å². The van der Waals surface area contributed by atoms with Gasteiger partial charge in [-0.2, -0.15) is 0 Å². The number of aliphatic hydroxyl groups is 1. The number of Topliss-reactive ketones (excluding diaryl/α,β-unsaturated/α-hetero) is 2. The summed E-state index contributed by atoms with van der Waals surface area (Å²) >= 11 is 1.05. The van der Waals surface area contributed by atoms with E-state index in [-0.39, 0.29) is 22.2 Å². The molecule has 1 atom stereocenters. The third kappa shape index (κ3) is 4.92. The lowest BCUT2D eigenvalue weighted by molar-refractivity contribution is -0.132. The van der Waals surface area contributed by atoms with Gasteiger partial charge in [0.1, 0.15) is 11.5 Å². The van der Waals surface area contributed by atoms with E-state index >= 15 is 0 Å². The Bertz CT molecular complexity index is 1330. The second-order valence-electron chi connectivity index (χ2n) is 8.50. The average Bonchev–Trinajstić information content (AvgIpc) is 3.39. The van der Waals surface area contributed by atoms with Gasteiger partial charge in [0.2, 0.25) is 0 Å². The van der Waals surface area contributed by atoms with Gasteiger partial charge in [0, 0.05) is 24.9 Å². The number of aryl methyl sites for hydroxylation is 1. The molecule has 3 heterocycles. The Morgan fingerprint density at radius 1 is 1.17 bits per heavy atom. The first-order valence-corrected chi connectivity index (χ1v) is 12.6. The zero-order valence-corrected chi connectivity index (χ0v) is 21.2. The van der Waals surface area contributed by atoms with Crippen LogP contribution in [0.15, 0.2) is 54.4 Å². The summed E-state index contributed by atoms with van der Waals surface area (Å²) in [5.41, 5.74) is 1.35. The van der Waals surface area contributed by atoms with Crippen LogP contribution in [0.1, 0.15) is 65.6 Å². The van der Waals surface area contributed by atoms with E-state index in [1.807, 2.05) is 6.07 Å². The van der Waals surface area contributed by atoms with Crippen LogP contribution < -0.4 is 9.64 Å².